The van der Waals surface area contributed by atoms with E-state index in [9.17, 15) is 4.79 Å². The molecule has 0 unspecified atom stereocenters. The van der Waals surface area contributed by atoms with E-state index in [0.717, 1.165) is 24.5 Å². The molecule has 3 rings (SSSR count). The summed E-state index contributed by atoms with van der Waals surface area (Å²) in [4.78, 5) is 22.6. The molecule has 0 saturated carbocycles. The number of hydrogen-bond acceptors (Lipinski definition) is 4. The third-order valence-corrected chi connectivity index (χ3v) is 3.60. The van der Waals surface area contributed by atoms with Crippen molar-refractivity contribution in [2.24, 2.45) is 0 Å². The molecule has 22 heavy (non-hydrogen) atoms. The minimum atomic E-state index is -0.266. The Labute approximate surface area is 129 Å². The summed E-state index contributed by atoms with van der Waals surface area (Å²) in [6, 6.07) is 9.07. The minimum Gasteiger partial charge on any atom is -0.357 e. The van der Waals surface area contributed by atoms with Crippen LogP contribution in [0.25, 0.3) is 0 Å². The monoisotopic (exact) mass is 297 g/mol. The van der Waals surface area contributed by atoms with E-state index in [4.69, 9.17) is 0 Å². The van der Waals surface area contributed by atoms with Gasteiger partial charge in [0, 0.05) is 32.0 Å². The molecular weight excluding hydrogens is 278 g/mol. The summed E-state index contributed by atoms with van der Waals surface area (Å²) < 4.78 is 0. The second kappa shape index (κ2) is 6.89. The Morgan fingerprint density at radius 3 is 2.77 bits per heavy atom. The van der Waals surface area contributed by atoms with Gasteiger partial charge in [0.1, 0.15) is 11.6 Å². The van der Waals surface area contributed by atoms with Crippen molar-refractivity contribution in [3.05, 3.63) is 48.3 Å². The van der Waals surface area contributed by atoms with E-state index in [1.165, 1.54) is 12.8 Å². The van der Waals surface area contributed by atoms with E-state index in [1.807, 2.05) is 18.2 Å². The van der Waals surface area contributed by atoms with Crippen LogP contribution in [0.4, 0.5) is 16.4 Å². The van der Waals surface area contributed by atoms with Crippen LogP contribution in [0.15, 0.2) is 42.7 Å². The maximum absolute atomic E-state index is 11.8. The van der Waals surface area contributed by atoms with Crippen molar-refractivity contribution < 1.29 is 4.79 Å². The number of anilines is 2. The number of carbonyl (C=O) groups is 1. The van der Waals surface area contributed by atoms with Gasteiger partial charge in [0.25, 0.3) is 0 Å². The van der Waals surface area contributed by atoms with Gasteiger partial charge >= 0.3 is 6.03 Å². The number of amides is 2. The molecule has 114 valence electrons. The fourth-order valence-corrected chi connectivity index (χ4v) is 2.47. The summed E-state index contributed by atoms with van der Waals surface area (Å²) >= 11 is 0. The summed E-state index contributed by atoms with van der Waals surface area (Å²) in [5.41, 5.74) is 1.04. The van der Waals surface area contributed by atoms with Gasteiger partial charge in [0.05, 0.1) is 0 Å². The van der Waals surface area contributed by atoms with Gasteiger partial charge in [-0.15, -0.1) is 0 Å². The quantitative estimate of drug-likeness (QED) is 0.909. The third kappa shape index (κ3) is 3.72. The average molecular weight is 297 g/mol. The highest BCUT2D eigenvalue weighted by atomic mass is 16.2. The zero-order valence-corrected chi connectivity index (χ0v) is 12.3. The van der Waals surface area contributed by atoms with Crippen LogP contribution in [0.2, 0.25) is 0 Å². The molecule has 2 aromatic rings. The standard InChI is InChI=1S/C16H19N5O/c22-16(20-14-5-1-2-7-17-14)19-12-13-6-8-18-15(11-13)21-9-3-4-10-21/h1-2,5-8,11H,3-4,9-10,12H2,(H2,17,19,20,22). The molecular formula is C16H19N5O. The Balaban J connectivity index is 1.54. The summed E-state index contributed by atoms with van der Waals surface area (Å²) in [6.07, 6.45) is 5.87. The van der Waals surface area contributed by atoms with Crippen molar-refractivity contribution in [2.45, 2.75) is 19.4 Å². The van der Waals surface area contributed by atoms with Crippen LogP contribution in [0.3, 0.4) is 0 Å². The maximum atomic E-state index is 11.8. The van der Waals surface area contributed by atoms with Gasteiger partial charge in [0.2, 0.25) is 0 Å². The lowest BCUT2D eigenvalue weighted by Crippen LogP contribution is -2.28. The first-order valence-electron chi connectivity index (χ1n) is 7.47. The average Bonchev–Trinajstić information content (AvgIpc) is 3.09. The topological polar surface area (TPSA) is 70.2 Å². The molecule has 6 heteroatoms. The van der Waals surface area contributed by atoms with Gasteiger partial charge in [-0.2, -0.15) is 0 Å². The van der Waals surface area contributed by atoms with Gasteiger partial charge in [-0.1, -0.05) is 6.07 Å². The van der Waals surface area contributed by atoms with Crippen molar-refractivity contribution in [3.63, 3.8) is 0 Å². The summed E-state index contributed by atoms with van der Waals surface area (Å²) in [5.74, 6) is 1.52. The van der Waals surface area contributed by atoms with Gasteiger partial charge in [-0.25, -0.2) is 14.8 Å². The first kappa shape index (κ1) is 14.3. The Morgan fingerprint density at radius 1 is 1.14 bits per heavy atom. The number of nitrogens with one attached hydrogen (secondary N) is 2. The number of urea groups is 1. The second-order valence-corrected chi connectivity index (χ2v) is 5.24. The lowest BCUT2D eigenvalue weighted by molar-refractivity contribution is 0.251. The van der Waals surface area contributed by atoms with E-state index >= 15 is 0 Å². The molecule has 0 aliphatic carbocycles. The first-order chi connectivity index (χ1) is 10.8. The van der Waals surface area contributed by atoms with Crippen LogP contribution < -0.4 is 15.5 Å². The molecule has 1 aliphatic rings. The van der Waals surface area contributed by atoms with Crippen molar-refractivity contribution in [3.8, 4) is 0 Å². The van der Waals surface area contributed by atoms with Crippen molar-refractivity contribution in [1.29, 1.82) is 0 Å². The number of aromatic nitrogens is 2. The maximum Gasteiger partial charge on any atom is 0.320 e. The number of rotatable bonds is 4. The SMILES string of the molecule is O=C(NCc1ccnc(N2CCCC2)c1)Nc1ccccn1. The Kier molecular flexibility index (Phi) is 4.48. The number of nitrogens with zero attached hydrogens (tertiary/aromatic N) is 3. The van der Waals surface area contributed by atoms with Crippen LogP contribution in [0.1, 0.15) is 18.4 Å². The third-order valence-electron chi connectivity index (χ3n) is 3.60. The predicted octanol–water partition coefficient (Wildman–Crippen LogP) is 2.40. The van der Waals surface area contributed by atoms with E-state index < -0.39 is 0 Å². The summed E-state index contributed by atoms with van der Waals surface area (Å²) in [7, 11) is 0. The molecule has 1 saturated heterocycles. The second-order valence-electron chi connectivity index (χ2n) is 5.24. The Bertz CT molecular complexity index is 625. The molecule has 6 nitrogen and oxygen atoms in total. The fourth-order valence-electron chi connectivity index (χ4n) is 2.47. The van der Waals surface area contributed by atoms with E-state index in [2.05, 4.69) is 25.5 Å². The zero-order chi connectivity index (χ0) is 15.2. The van der Waals surface area contributed by atoms with E-state index in [-0.39, 0.29) is 6.03 Å². The van der Waals surface area contributed by atoms with Gasteiger partial charge < -0.3 is 10.2 Å². The summed E-state index contributed by atoms with van der Waals surface area (Å²) in [6.45, 7) is 2.58. The van der Waals surface area contributed by atoms with E-state index in [1.54, 1.807) is 24.5 Å². The predicted molar refractivity (Wildman–Crippen MR) is 85.8 cm³/mol. The Morgan fingerprint density at radius 2 is 2.00 bits per heavy atom. The number of carbonyl (C=O) groups excluding carboxylic acids is 1. The van der Waals surface area contributed by atoms with Crippen molar-refractivity contribution in [1.82, 2.24) is 15.3 Å². The lowest BCUT2D eigenvalue weighted by atomic mass is 10.2. The van der Waals surface area contributed by atoms with Crippen LogP contribution in [-0.2, 0) is 6.54 Å². The molecule has 2 N–H and O–H groups in total. The lowest BCUT2D eigenvalue weighted by Gasteiger charge is -2.17. The molecule has 3 heterocycles. The molecule has 0 aromatic carbocycles. The highest BCUT2D eigenvalue weighted by molar-refractivity contribution is 5.88. The van der Waals surface area contributed by atoms with E-state index in [0.29, 0.717) is 12.4 Å². The van der Waals surface area contributed by atoms with Gasteiger partial charge in [-0.05, 0) is 42.7 Å². The fraction of sp³-hybridized carbons (Fsp3) is 0.312. The largest absolute Gasteiger partial charge is 0.357 e. The Hall–Kier alpha value is -2.63. The molecule has 0 radical (unpaired) electrons. The van der Waals surface area contributed by atoms with Crippen molar-refractivity contribution >= 4 is 17.7 Å². The first-order valence-corrected chi connectivity index (χ1v) is 7.47. The van der Waals surface area contributed by atoms with Crippen LogP contribution in [-0.4, -0.2) is 29.1 Å². The highest BCUT2D eigenvalue weighted by Crippen LogP contribution is 2.18. The molecule has 2 aromatic heterocycles. The number of pyridine rings is 2. The number of hydrogen-bond donors (Lipinski definition) is 2. The summed E-state index contributed by atoms with van der Waals surface area (Å²) in [5, 5.41) is 5.52. The van der Waals surface area contributed by atoms with Gasteiger partial charge in [-0.3, -0.25) is 5.32 Å². The van der Waals surface area contributed by atoms with Crippen LogP contribution in [0, 0.1) is 0 Å². The highest BCUT2D eigenvalue weighted by Gasteiger charge is 2.13. The molecule has 0 spiro atoms. The zero-order valence-electron chi connectivity index (χ0n) is 12.3. The minimum absolute atomic E-state index is 0.266. The molecule has 1 fully saturated rings. The van der Waals surface area contributed by atoms with Gasteiger partial charge in [0.15, 0.2) is 0 Å². The molecule has 1 aliphatic heterocycles. The smallest absolute Gasteiger partial charge is 0.320 e. The molecule has 0 atom stereocenters. The molecule has 0 bridgehead atoms. The van der Waals surface area contributed by atoms with Crippen LogP contribution >= 0.6 is 0 Å². The van der Waals surface area contributed by atoms with Crippen LogP contribution in [0.5, 0.6) is 0 Å². The normalized spacial score (nSPS) is 13.9. The van der Waals surface area contributed by atoms with Crippen molar-refractivity contribution in [2.75, 3.05) is 23.3 Å². The molecule has 2 amide bonds.